The zero-order valence-corrected chi connectivity index (χ0v) is 16.2. The van der Waals surface area contributed by atoms with Crippen molar-refractivity contribution in [2.24, 2.45) is 0 Å². The first kappa shape index (κ1) is 19.7. The second-order valence-corrected chi connectivity index (χ2v) is 7.77. The summed E-state index contributed by atoms with van der Waals surface area (Å²) in [4.78, 5) is 0. The van der Waals surface area contributed by atoms with E-state index in [1.165, 1.54) is 82.3 Å². The molecule has 0 aromatic carbocycles. The van der Waals surface area contributed by atoms with Gasteiger partial charge >= 0.3 is 0 Å². The second kappa shape index (κ2) is 10.4. The highest BCUT2D eigenvalue weighted by Crippen LogP contribution is 2.20. The number of quaternary nitrogens is 2. The molecule has 138 valence electrons. The summed E-state index contributed by atoms with van der Waals surface area (Å²) in [6.45, 7) is 15.7. The molecule has 0 amide bonds. The molecule has 0 aliphatic carbocycles. The minimum absolute atomic E-state index is 0.942. The first-order chi connectivity index (χ1) is 11.7. The normalized spacial score (nSPS) is 25.4. The van der Waals surface area contributed by atoms with Gasteiger partial charge in [-0.3, -0.25) is 4.48 Å². The SMILES string of the molecule is CC[N+]1(CCCCOCCCC[N+]2(CC)CCCC2)C=CC=CC1. The van der Waals surface area contributed by atoms with Gasteiger partial charge in [0, 0.05) is 26.1 Å². The molecule has 2 heterocycles. The summed E-state index contributed by atoms with van der Waals surface area (Å²) in [6, 6.07) is 0. The molecular weight excluding hydrogens is 296 g/mol. The maximum absolute atomic E-state index is 5.88. The fraction of sp³-hybridized carbons (Fsp3) is 0.810. The third-order valence-electron chi connectivity index (χ3n) is 6.25. The quantitative estimate of drug-likeness (QED) is 0.385. The van der Waals surface area contributed by atoms with E-state index in [4.69, 9.17) is 4.74 Å². The van der Waals surface area contributed by atoms with Gasteiger partial charge in [0.15, 0.2) is 0 Å². The molecule has 1 saturated heterocycles. The van der Waals surface area contributed by atoms with Crippen LogP contribution in [0.1, 0.15) is 52.4 Å². The average Bonchev–Trinajstić information content (AvgIpc) is 3.10. The van der Waals surface area contributed by atoms with E-state index < -0.39 is 0 Å². The summed E-state index contributed by atoms with van der Waals surface area (Å²) in [5, 5.41) is 0. The van der Waals surface area contributed by atoms with E-state index in [0.29, 0.717) is 0 Å². The van der Waals surface area contributed by atoms with Crippen LogP contribution in [0.25, 0.3) is 0 Å². The molecule has 3 heteroatoms. The monoisotopic (exact) mass is 336 g/mol. The molecular formula is C21H40N2O+2. The van der Waals surface area contributed by atoms with Crippen LogP contribution in [-0.2, 0) is 4.74 Å². The highest BCUT2D eigenvalue weighted by atomic mass is 16.5. The maximum Gasteiger partial charge on any atom is 0.102 e. The van der Waals surface area contributed by atoms with Crippen LogP contribution in [0.15, 0.2) is 24.4 Å². The topological polar surface area (TPSA) is 9.23 Å². The molecule has 3 nitrogen and oxygen atoms in total. The van der Waals surface area contributed by atoms with E-state index in [1.54, 1.807) is 0 Å². The molecule has 1 fully saturated rings. The van der Waals surface area contributed by atoms with E-state index in [2.05, 4.69) is 38.3 Å². The van der Waals surface area contributed by atoms with Crippen molar-refractivity contribution in [2.75, 3.05) is 59.0 Å². The zero-order chi connectivity index (χ0) is 17.1. The number of unbranched alkanes of at least 4 members (excludes halogenated alkanes) is 2. The number of likely N-dealkylation sites (N-methyl/N-ethyl adjacent to an activating group) is 1. The first-order valence-corrected chi connectivity index (χ1v) is 10.4. The van der Waals surface area contributed by atoms with Gasteiger partial charge in [0.2, 0.25) is 0 Å². The molecule has 0 spiro atoms. The molecule has 24 heavy (non-hydrogen) atoms. The lowest BCUT2D eigenvalue weighted by Gasteiger charge is -2.34. The Bertz CT molecular complexity index is 399. The predicted octanol–water partition coefficient (Wildman–Crippen LogP) is 4.11. The number of ether oxygens (including phenoxy) is 1. The third kappa shape index (κ3) is 6.02. The minimum atomic E-state index is 0.942. The van der Waals surface area contributed by atoms with Gasteiger partial charge in [-0.05, 0) is 51.7 Å². The van der Waals surface area contributed by atoms with Crippen LogP contribution < -0.4 is 0 Å². The van der Waals surface area contributed by atoms with Crippen molar-refractivity contribution >= 4 is 0 Å². The molecule has 0 bridgehead atoms. The standard InChI is InChI=1S/C21H40N2O/c1-3-22(14-6-5-7-15-22)18-10-12-20-24-21-13-11-19-23(4-2)16-8-9-17-23/h5-7,14H,3-4,8-13,15-21H2,1-2H3/q+2. The van der Waals surface area contributed by atoms with Crippen molar-refractivity contribution < 1.29 is 13.7 Å². The summed E-state index contributed by atoms with van der Waals surface area (Å²) in [5.41, 5.74) is 0. The molecule has 1 unspecified atom stereocenters. The lowest BCUT2D eigenvalue weighted by Crippen LogP contribution is -2.45. The third-order valence-corrected chi connectivity index (χ3v) is 6.25. The first-order valence-electron chi connectivity index (χ1n) is 10.4. The van der Waals surface area contributed by atoms with Gasteiger partial charge in [0.25, 0.3) is 0 Å². The van der Waals surface area contributed by atoms with Crippen LogP contribution >= 0.6 is 0 Å². The lowest BCUT2D eigenvalue weighted by molar-refractivity contribution is -0.915. The van der Waals surface area contributed by atoms with E-state index >= 15 is 0 Å². The Hall–Kier alpha value is -0.640. The average molecular weight is 337 g/mol. The maximum atomic E-state index is 5.88. The van der Waals surface area contributed by atoms with Crippen LogP contribution in [0.5, 0.6) is 0 Å². The van der Waals surface area contributed by atoms with E-state index in [9.17, 15) is 0 Å². The van der Waals surface area contributed by atoms with Crippen molar-refractivity contribution in [3.8, 4) is 0 Å². The summed E-state index contributed by atoms with van der Waals surface area (Å²) >= 11 is 0. The van der Waals surface area contributed by atoms with Crippen molar-refractivity contribution in [2.45, 2.75) is 52.4 Å². The number of rotatable bonds is 12. The van der Waals surface area contributed by atoms with Gasteiger partial charge in [-0.1, -0.05) is 6.08 Å². The van der Waals surface area contributed by atoms with Crippen molar-refractivity contribution in [3.63, 3.8) is 0 Å². The fourth-order valence-electron chi connectivity index (χ4n) is 4.29. The molecule has 0 radical (unpaired) electrons. The van der Waals surface area contributed by atoms with Crippen molar-refractivity contribution in [1.29, 1.82) is 0 Å². The van der Waals surface area contributed by atoms with E-state index in [0.717, 1.165) is 24.2 Å². The van der Waals surface area contributed by atoms with Crippen LogP contribution in [0.4, 0.5) is 0 Å². The Morgan fingerprint density at radius 3 is 2.12 bits per heavy atom. The lowest BCUT2D eigenvalue weighted by atomic mass is 10.2. The zero-order valence-electron chi connectivity index (χ0n) is 16.2. The molecule has 0 aromatic heterocycles. The molecule has 2 rings (SSSR count). The van der Waals surface area contributed by atoms with Crippen LogP contribution in [0.3, 0.4) is 0 Å². The van der Waals surface area contributed by atoms with E-state index in [-0.39, 0.29) is 0 Å². The van der Waals surface area contributed by atoms with Crippen LogP contribution in [0.2, 0.25) is 0 Å². The largest absolute Gasteiger partial charge is 0.381 e. The Kier molecular flexibility index (Phi) is 8.51. The smallest absolute Gasteiger partial charge is 0.102 e. The number of nitrogens with zero attached hydrogens (tertiary/aromatic N) is 2. The second-order valence-electron chi connectivity index (χ2n) is 7.77. The van der Waals surface area contributed by atoms with Crippen LogP contribution in [-0.4, -0.2) is 68.0 Å². The van der Waals surface area contributed by atoms with Gasteiger partial charge < -0.3 is 9.22 Å². The number of hydrogen-bond acceptors (Lipinski definition) is 1. The summed E-state index contributed by atoms with van der Waals surface area (Å²) in [6.07, 6.45) is 17.0. The molecule has 0 aromatic rings. The summed E-state index contributed by atoms with van der Waals surface area (Å²) in [5.74, 6) is 0. The van der Waals surface area contributed by atoms with Gasteiger partial charge in [-0.15, -0.1) is 0 Å². The number of likely N-dealkylation sites (tertiary alicyclic amines) is 1. The van der Waals surface area contributed by atoms with E-state index in [1.807, 2.05) is 0 Å². The summed E-state index contributed by atoms with van der Waals surface area (Å²) in [7, 11) is 0. The van der Waals surface area contributed by atoms with Crippen molar-refractivity contribution in [3.05, 3.63) is 24.4 Å². The molecule has 2 aliphatic rings. The van der Waals surface area contributed by atoms with Gasteiger partial charge in [0.1, 0.15) is 6.54 Å². The molecule has 1 atom stereocenters. The number of hydrogen-bond donors (Lipinski definition) is 0. The molecule has 0 saturated carbocycles. The van der Waals surface area contributed by atoms with Crippen molar-refractivity contribution in [1.82, 2.24) is 0 Å². The highest BCUT2D eigenvalue weighted by molar-refractivity contribution is 5.03. The fourth-order valence-corrected chi connectivity index (χ4v) is 4.29. The van der Waals surface area contributed by atoms with Gasteiger partial charge in [-0.25, -0.2) is 0 Å². The molecule has 0 N–H and O–H groups in total. The Morgan fingerprint density at radius 2 is 1.54 bits per heavy atom. The van der Waals surface area contributed by atoms with Gasteiger partial charge in [0.05, 0.1) is 45.5 Å². The van der Waals surface area contributed by atoms with Crippen LogP contribution in [0, 0.1) is 0 Å². The number of allylic oxidation sites excluding steroid dienone is 2. The van der Waals surface area contributed by atoms with Gasteiger partial charge in [-0.2, -0.15) is 0 Å². The Labute approximate surface area is 150 Å². The minimum Gasteiger partial charge on any atom is -0.381 e. The highest BCUT2D eigenvalue weighted by Gasteiger charge is 2.29. The Balaban J connectivity index is 1.45. The Morgan fingerprint density at radius 1 is 0.833 bits per heavy atom. The summed E-state index contributed by atoms with van der Waals surface area (Å²) < 4.78 is 8.37. The molecule has 2 aliphatic heterocycles. The predicted molar refractivity (Wildman–Crippen MR) is 103 cm³/mol.